The third-order valence-corrected chi connectivity index (χ3v) is 10.4. The third-order valence-electron chi connectivity index (χ3n) is 10.4. The first kappa shape index (κ1) is 46.9. The summed E-state index contributed by atoms with van der Waals surface area (Å²) in [5.74, 6) is 6.94. The summed E-state index contributed by atoms with van der Waals surface area (Å²) in [5.41, 5.74) is 18.8. The zero-order valence-corrected chi connectivity index (χ0v) is 36.6. The monoisotopic (exact) mass is 813 g/mol. The van der Waals surface area contributed by atoms with Crippen LogP contribution in [-0.2, 0) is 30.8 Å². The van der Waals surface area contributed by atoms with E-state index in [0.29, 0.717) is 0 Å². The normalized spacial score (nSPS) is 12.5. The first-order chi connectivity index (χ1) is 26.1. The van der Waals surface area contributed by atoms with E-state index in [1.54, 1.807) is 0 Å². The molecule has 3 rings (SSSR count). The minimum atomic E-state index is 0.803. The Morgan fingerprint density at radius 1 is 0.528 bits per heavy atom. The van der Waals surface area contributed by atoms with Gasteiger partial charge in [0.15, 0.2) is 0 Å². The Labute approximate surface area is 337 Å². The number of unbranched alkanes of at least 4 members (excludes halogenated alkanes) is 22. The van der Waals surface area contributed by atoms with Gasteiger partial charge in [-0.25, -0.2) is 4.70 Å². The van der Waals surface area contributed by atoms with E-state index in [4.69, 9.17) is 0 Å². The molecule has 0 saturated heterocycles. The molecule has 0 spiro atoms. The second kappa shape index (κ2) is 32.0. The molecule has 1 aliphatic rings. The summed E-state index contributed by atoms with van der Waals surface area (Å²) >= 11 is 0.950. The van der Waals surface area contributed by atoms with Gasteiger partial charge < -0.3 is 5.53 Å². The first-order valence-electron chi connectivity index (χ1n) is 21.9. The number of benzene rings is 2. The Hall–Kier alpha value is -2.26. The molecule has 1 aliphatic heterocycles. The Morgan fingerprint density at radius 3 is 1.47 bits per heavy atom. The van der Waals surface area contributed by atoms with Crippen molar-refractivity contribution in [3.63, 3.8) is 0 Å². The fraction of sp³-hybridized carbons (Fsp3) is 0.640. The first-order valence-corrected chi connectivity index (χ1v) is 25.0. The van der Waals surface area contributed by atoms with E-state index in [0.717, 1.165) is 71.8 Å². The maximum atomic E-state index is 11.5. The SMILES string of the molecule is CCCCCCCCCCCCCCCCCCCCCCC#CC1=C(c2ccc(CCCC)cc2)[N+](=[N-])C(c2cccc(CCCC)c2)=C1.[CH3][Pd][CH3]. The van der Waals surface area contributed by atoms with Crippen LogP contribution < -0.4 is 0 Å². The van der Waals surface area contributed by atoms with Crippen LogP contribution in [-0.4, -0.2) is 4.70 Å². The molecule has 0 unspecified atom stereocenters. The average molecular weight is 814 g/mol. The van der Waals surface area contributed by atoms with Crippen molar-refractivity contribution in [2.24, 2.45) is 0 Å². The van der Waals surface area contributed by atoms with Crippen LogP contribution in [0.1, 0.15) is 204 Å². The van der Waals surface area contributed by atoms with Crippen LogP contribution in [0.25, 0.3) is 16.9 Å². The number of hydrogen-bond donors (Lipinski definition) is 0. The summed E-state index contributed by atoms with van der Waals surface area (Å²) in [6.07, 6.45) is 37.9. The fourth-order valence-electron chi connectivity index (χ4n) is 7.18. The van der Waals surface area contributed by atoms with Crippen LogP contribution >= 0.6 is 0 Å². The van der Waals surface area contributed by atoms with E-state index in [1.165, 1.54) is 164 Å². The van der Waals surface area contributed by atoms with E-state index in [2.05, 4.69) is 98.0 Å². The molecule has 2 aromatic rings. The number of hydrogen-bond acceptors (Lipinski definition) is 0. The van der Waals surface area contributed by atoms with Gasteiger partial charge in [-0.3, -0.25) is 0 Å². The Bertz CT molecular complexity index is 1360. The van der Waals surface area contributed by atoms with Gasteiger partial charge in [-0.15, -0.1) is 0 Å². The molecule has 0 fully saturated rings. The second-order valence-corrected chi connectivity index (χ2v) is 16.8. The fourth-order valence-corrected chi connectivity index (χ4v) is 7.18. The Kier molecular flexibility index (Phi) is 28.3. The molecular formula is C50H78N2Pd. The number of allylic oxidation sites excluding steroid dienone is 2. The molecule has 0 aromatic heterocycles. The van der Waals surface area contributed by atoms with Crippen molar-refractivity contribution >= 4 is 11.4 Å². The molecule has 0 bridgehead atoms. The molecule has 0 N–H and O–H groups in total. The summed E-state index contributed by atoms with van der Waals surface area (Å²) < 4.78 is 1.38. The van der Waals surface area contributed by atoms with Crippen LogP contribution in [0, 0.1) is 11.8 Å². The Balaban J connectivity index is 0.00000313. The Morgan fingerprint density at radius 2 is 0.981 bits per heavy atom. The molecule has 2 nitrogen and oxygen atoms in total. The van der Waals surface area contributed by atoms with E-state index >= 15 is 0 Å². The summed E-state index contributed by atoms with van der Waals surface area (Å²) in [6.45, 7) is 6.77. The van der Waals surface area contributed by atoms with Crippen LogP contribution in [0.3, 0.4) is 0 Å². The van der Waals surface area contributed by atoms with Crippen molar-refractivity contribution in [1.29, 1.82) is 0 Å². The van der Waals surface area contributed by atoms with Gasteiger partial charge in [0.05, 0.1) is 0 Å². The second-order valence-electron chi connectivity index (χ2n) is 15.3. The average Bonchev–Trinajstić information content (AvgIpc) is 3.51. The van der Waals surface area contributed by atoms with E-state index in [9.17, 15) is 5.53 Å². The molecule has 0 aliphatic carbocycles. The standard InChI is InChI=1S/C48H72N2.2CH3.Pd/c1-4-7-10-11-12-13-14-15-16-17-18-19-20-21-22-23-24-25-26-27-28-29-34-46-41-47(45-35-30-33-43(40-45)32-9-6-3)50(49)48(46)44-38-36-42(37-39-44)31-8-5-2;;;/h30,33,35-41H,4-28,31-32H2,1-3H3;2*1H3;. The van der Waals surface area contributed by atoms with Gasteiger partial charge in [-0.1, -0.05) is 192 Å². The third kappa shape index (κ3) is 20.8. The van der Waals surface area contributed by atoms with Gasteiger partial charge in [0, 0.05) is 23.6 Å². The van der Waals surface area contributed by atoms with Gasteiger partial charge in [0.25, 0.3) is 0 Å². The summed E-state index contributed by atoms with van der Waals surface area (Å²) in [4.78, 5) is 0. The van der Waals surface area contributed by atoms with E-state index in [-0.39, 0.29) is 0 Å². The number of aryl methyl sites for hydroxylation is 2. The number of nitrogens with zero attached hydrogens (tertiary/aromatic N) is 2. The molecule has 0 radical (unpaired) electrons. The van der Waals surface area contributed by atoms with Gasteiger partial charge >= 0.3 is 28.8 Å². The predicted octanol–water partition coefficient (Wildman–Crippen LogP) is 16.6. The maximum absolute atomic E-state index is 11.5. The molecule has 1 heterocycles. The van der Waals surface area contributed by atoms with Crippen LogP contribution in [0.15, 0.2) is 60.2 Å². The van der Waals surface area contributed by atoms with Crippen molar-refractivity contribution in [2.45, 2.75) is 205 Å². The summed E-state index contributed by atoms with van der Waals surface area (Å²) in [6, 6.07) is 17.4. The molecule has 0 atom stereocenters. The van der Waals surface area contributed by atoms with Crippen molar-refractivity contribution in [3.05, 3.63) is 88.0 Å². The van der Waals surface area contributed by atoms with Crippen molar-refractivity contribution in [1.82, 2.24) is 0 Å². The molecule has 2 aromatic carbocycles. The molecule has 298 valence electrons. The van der Waals surface area contributed by atoms with Gasteiger partial charge in [0.2, 0.25) is 11.4 Å². The summed E-state index contributed by atoms with van der Waals surface area (Å²) in [7, 11) is 0. The molecule has 3 heteroatoms. The van der Waals surface area contributed by atoms with Crippen molar-refractivity contribution in [3.8, 4) is 11.8 Å². The number of rotatable bonds is 28. The molecule has 0 saturated carbocycles. The molecule has 0 amide bonds. The molecule has 53 heavy (non-hydrogen) atoms. The van der Waals surface area contributed by atoms with Gasteiger partial charge in [-0.05, 0) is 67.5 Å². The topological polar surface area (TPSA) is 25.3 Å². The van der Waals surface area contributed by atoms with Crippen molar-refractivity contribution < 1.29 is 22.7 Å². The zero-order valence-electron chi connectivity index (χ0n) is 35.0. The van der Waals surface area contributed by atoms with Crippen LogP contribution in [0.2, 0.25) is 10.8 Å². The van der Waals surface area contributed by atoms with Gasteiger partial charge in [-0.2, -0.15) is 0 Å². The van der Waals surface area contributed by atoms with E-state index < -0.39 is 0 Å². The van der Waals surface area contributed by atoms with E-state index in [1.807, 2.05) is 0 Å². The predicted molar refractivity (Wildman–Crippen MR) is 231 cm³/mol. The quantitative estimate of drug-likeness (QED) is 0.0354. The zero-order chi connectivity index (χ0) is 38.2. The summed E-state index contributed by atoms with van der Waals surface area (Å²) in [5, 5.41) is 4.35. The minimum absolute atomic E-state index is 0.803. The van der Waals surface area contributed by atoms with Crippen LogP contribution in [0.4, 0.5) is 0 Å². The molecular weight excluding hydrogens is 735 g/mol. The van der Waals surface area contributed by atoms with Gasteiger partial charge in [0.1, 0.15) is 5.57 Å². The van der Waals surface area contributed by atoms with Crippen molar-refractivity contribution in [2.75, 3.05) is 0 Å². The van der Waals surface area contributed by atoms with Crippen LogP contribution in [0.5, 0.6) is 0 Å².